The summed E-state index contributed by atoms with van der Waals surface area (Å²) >= 11 is 0. The van der Waals surface area contributed by atoms with Crippen molar-refractivity contribution in [3.8, 4) is 5.75 Å². The standard InChI is InChI=1S/C24H22FN3O/c1-27(2)19-13-9-17(10-14-19)24-28-22(20-5-3-4-6-23(20)29-24)15-21(26-28)16-7-11-18(25)12-8-16/h3-14,22,24H,15H2,1-2H3/t22-,24-/m0/s1. The van der Waals surface area contributed by atoms with E-state index in [9.17, 15) is 4.39 Å². The second-order valence-electron chi connectivity index (χ2n) is 7.65. The average molecular weight is 387 g/mol. The van der Waals surface area contributed by atoms with Crippen molar-refractivity contribution in [1.29, 1.82) is 0 Å². The van der Waals surface area contributed by atoms with Crippen LogP contribution in [-0.4, -0.2) is 24.8 Å². The van der Waals surface area contributed by atoms with Crippen LogP contribution in [0.15, 0.2) is 77.9 Å². The van der Waals surface area contributed by atoms with Crippen LogP contribution in [-0.2, 0) is 0 Å². The molecule has 0 fully saturated rings. The Morgan fingerprint density at radius 3 is 2.41 bits per heavy atom. The summed E-state index contributed by atoms with van der Waals surface area (Å²) < 4.78 is 19.7. The van der Waals surface area contributed by atoms with Crippen molar-refractivity contribution in [3.05, 3.63) is 95.3 Å². The van der Waals surface area contributed by atoms with Gasteiger partial charge in [0.05, 0.1) is 11.8 Å². The van der Waals surface area contributed by atoms with Gasteiger partial charge in [0.2, 0.25) is 6.23 Å². The molecule has 29 heavy (non-hydrogen) atoms. The van der Waals surface area contributed by atoms with Crippen LogP contribution in [0.4, 0.5) is 10.1 Å². The monoisotopic (exact) mass is 387 g/mol. The van der Waals surface area contributed by atoms with E-state index in [4.69, 9.17) is 9.84 Å². The lowest BCUT2D eigenvalue weighted by molar-refractivity contribution is -0.0190. The molecular formula is C24H22FN3O. The van der Waals surface area contributed by atoms with E-state index in [1.54, 1.807) is 12.1 Å². The predicted molar refractivity (Wildman–Crippen MR) is 113 cm³/mol. The minimum Gasteiger partial charge on any atom is -0.464 e. The molecule has 5 rings (SSSR count). The van der Waals surface area contributed by atoms with Gasteiger partial charge < -0.3 is 9.64 Å². The maximum Gasteiger partial charge on any atom is 0.213 e. The van der Waals surface area contributed by atoms with E-state index in [0.717, 1.165) is 40.3 Å². The highest BCUT2D eigenvalue weighted by Gasteiger charge is 2.40. The average Bonchev–Trinajstić information content (AvgIpc) is 3.19. The SMILES string of the molecule is CN(C)c1ccc([C@@H]2Oc3ccccc3[C@@H]3CC(c4ccc(F)cc4)=NN32)cc1. The molecule has 0 aromatic heterocycles. The van der Waals surface area contributed by atoms with Gasteiger partial charge in [0, 0.05) is 37.3 Å². The van der Waals surface area contributed by atoms with Gasteiger partial charge in [0.15, 0.2) is 0 Å². The number of nitrogens with zero attached hydrogens (tertiary/aromatic N) is 3. The molecule has 0 saturated heterocycles. The highest BCUT2D eigenvalue weighted by atomic mass is 19.1. The molecule has 0 saturated carbocycles. The van der Waals surface area contributed by atoms with Crippen molar-refractivity contribution < 1.29 is 9.13 Å². The van der Waals surface area contributed by atoms with Gasteiger partial charge in [0.25, 0.3) is 0 Å². The lowest BCUT2D eigenvalue weighted by Crippen LogP contribution is -2.33. The fourth-order valence-corrected chi connectivity index (χ4v) is 4.01. The normalized spacial score (nSPS) is 19.8. The lowest BCUT2D eigenvalue weighted by atomic mass is 9.96. The second-order valence-corrected chi connectivity index (χ2v) is 7.65. The van der Waals surface area contributed by atoms with E-state index in [1.807, 2.05) is 37.3 Å². The highest BCUT2D eigenvalue weighted by Crippen LogP contribution is 2.47. The Labute approximate surface area is 169 Å². The molecule has 5 heteroatoms. The molecule has 3 aromatic rings. The van der Waals surface area contributed by atoms with Gasteiger partial charge in [-0.3, -0.25) is 0 Å². The van der Waals surface area contributed by atoms with Gasteiger partial charge in [-0.15, -0.1) is 0 Å². The van der Waals surface area contributed by atoms with Crippen molar-refractivity contribution in [3.63, 3.8) is 0 Å². The lowest BCUT2D eigenvalue weighted by Gasteiger charge is -2.38. The number of anilines is 1. The second kappa shape index (κ2) is 6.92. The molecule has 2 atom stereocenters. The number of para-hydroxylation sites is 1. The van der Waals surface area contributed by atoms with E-state index >= 15 is 0 Å². The Hall–Kier alpha value is -3.34. The Bertz CT molecular complexity index is 1060. The number of hydrogen-bond acceptors (Lipinski definition) is 4. The Balaban J connectivity index is 1.55. The van der Waals surface area contributed by atoms with Crippen LogP contribution in [0.25, 0.3) is 0 Å². The van der Waals surface area contributed by atoms with Gasteiger partial charge >= 0.3 is 0 Å². The predicted octanol–water partition coefficient (Wildman–Crippen LogP) is 5.13. The minimum atomic E-state index is -0.302. The van der Waals surface area contributed by atoms with Crippen LogP contribution < -0.4 is 9.64 Å². The summed E-state index contributed by atoms with van der Waals surface area (Å²) in [6.45, 7) is 0. The molecule has 2 aliphatic rings. The number of benzene rings is 3. The fraction of sp³-hybridized carbons (Fsp3) is 0.208. The van der Waals surface area contributed by atoms with Crippen molar-refractivity contribution in [1.82, 2.24) is 5.01 Å². The summed E-state index contributed by atoms with van der Waals surface area (Å²) in [6, 6.07) is 23.2. The summed E-state index contributed by atoms with van der Waals surface area (Å²) in [5.74, 6) is 0.656. The van der Waals surface area contributed by atoms with Crippen LogP contribution in [0.5, 0.6) is 5.75 Å². The number of fused-ring (bicyclic) bond motifs is 3. The maximum absolute atomic E-state index is 13.4. The molecule has 0 aliphatic carbocycles. The zero-order valence-electron chi connectivity index (χ0n) is 16.4. The number of hydrazone groups is 1. The Morgan fingerprint density at radius 2 is 1.69 bits per heavy atom. The molecule has 0 N–H and O–H groups in total. The van der Waals surface area contributed by atoms with Crippen LogP contribution in [0.3, 0.4) is 0 Å². The molecule has 2 heterocycles. The zero-order chi connectivity index (χ0) is 20.0. The maximum atomic E-state index is 13.4. The zero-order valence-corrected chi connectivity index (χ0v) is 16.4. The number of rotatable bonds is 3. The van der Waals surface area contributed by atoms with E-state index in [-0.39, 0.29) is 18.1 Å². The van der Waals surface area contributed by atoms with Crippen LogP contribution >= 0.6 is 0 Å². The van der Waals surface area contributed by atoms with Crippen molar-refractivity contribution >= 4 is 11.4 Å². The van der Waals surface area contributed by atoms with Crippen molar-refractivity contribution in [2.45, 2.75) is 18.7 Å². The first-order valence-electron chi connectivity index (χ1n) is 9.75. The molecule has 0 radical (unpaired) electrons. The summed E-state index contributed by atoms with van der Waals surface area (Å²) in [6.07, 6.45) is 0.460. The molecule has 0 spiro atoms. The first-order valence-corrected chi connectivity index (χ1v) is 9.75. The first-order chi connectivity index (χ1) is 14.1. The number of halogens is 1. The van der Waals surface area contributed by atoms with E-state index in [2.05, 4.69) is 35.2 Å². The van der Waals surface area contributed by atoms with Crippen LogP contribution in [0.2, 0.25) is 0 Å². The molecule has 0 amide bonds. The molecular weight excluding hydrogens is 365 g/mol. The van der Waals surface area contributed by atoms with E-state index < -0.39 is 0 Å². The van der Waals surface area contributed by atoms with Gasteiger partial charge in [-0.25, -0.2) is 9.40 Å². The van der Waals surface area contributed by atoms with Gasteiger partial charge in [-0.05, 0) is 35.9 Å². The fourth-order valence-electron chi connectivity index (χ4n) is 4.01. The molecule has 4 nitrogen and oxygen atoms in total. The van der Waals surface area contributed by atoms with Gasteiger partial charge in [-0.1, -0.05) is 42.5 Å². The quantitative estimate of drug-likeness (QED) is 0.623. The molecule has 0 unspecified atom stereocenters. The molecule has 0 bridgehead atoms. The number of ether oxygens (including phenoxy) is 1. The first kappa shape index (κ1) is 17.7. The molecule has 146 valence electrons. The number of hydrogen-bond donors (Lipinski definition) is 0. The Kier molecular flexibility index (Phi) is 4.23. The van der Waals surface area contributed by atoms with Crippen molar-refractivity contribution in [2.24, 2.45) is 5.10 Å². The summed E-state index contributed by atoms with van der Waals surface area (Å²) in [5.41, 5.74) is 5.22. The van der Waals surface area contributed by atoms with Gasteiger partial charge in [0.1, 0.15) is 11.6 Å². The Morgan fingerprint density at radius 1 is 0.966 bits per heavy atom. The van der Waals surface area contributed by atoms with E-state index in [0.29, 0.717) is 0 Å². The van der Waals surface area contributed by atoms with Gasteiger partial charge in [-0.2, -0.15) is 5.10 Å². The highest BCUT2D eigenvalue weighted by molar-refractivity contribution is 6.01. The third-order valence-electron chi connectivity index (χ3n) is 5.57. The third-order valence-corrected chi connectivity index (χ3v) is 5.57. The van der Waals surface area contributed by atoms with E-state index in [1.165, 1.54) is 12.1 Å². The third kappa shape index (κ3) is 3.12. The van der Waals surface area contributed by atoms with Crippen molar-refractivity contribution in [2.75, 3.05) is 19.0 Å². The largest absolute Gasteiger partial charge is 0.464 e. The van der Waals surface area contributed by atoms with Crippen LogP contribution in [0.1, 0.15) is 35.4 Å². The smallest absolute Gasteiger partial charge is 0.213 e. The topological polar surface area (TPSA) is 28.1 Å². The van der Waals surface area contributed by atoms with Crippen LogP contribution in [0, 0.1) is 5.82 Å². The molecule has 2 aliphatic heterocycles. The summed E-state index contributed by atoms with van der Waals surface area (Å²) in [7, 11) is 4.05. The summed E-state index contributed by atoms with van der Waals surface area (Å²) in [4.78, 5) is 2.07. The minimum absolute atomic E-state index is 0.0959. The molecule has 3 aromatic carbocycles. The summed E-state index contributed by atoms with van der Waals surface area (Å²) in [5, 5.41) is 6.96.